The van der Waals surface area contributed by atoms with Crippen LogP contribution in [0.15, 0.2) is 46.7 Å². The molecule has 20 heavy (non-hydrogen) atoms. The Hall–Kier alpha value is -1.33. The zero-order chi connectivity index (χ0) is 14.8. The predicted molar refractivity (Wildman–Crippen MR) is 84.9 cm³/mol. The molecular formula is C15H19NO2S2. The van der Waals surface area contributed by atoms with Gasteiger partial charge >= 0.3 is 0 Å². The Kier molecular flexibility index (Phi) is 4.50. The third-order valence-electron chi connectivity index (χ3n) is 2.96. The van der Waals surface area contributed by atoms with Crippen LogP contribution in [0.5, 0.6) is 0 Å². The minimum atomic E-state index is -3.50. The summed E-state index contributed by atoms with van der Waals surface area (Å²) in [7, 11) is -3.50. The summed E-state index contributed by atoms with van der Waals surface area (Å²) >= 11 is 1.57. The fourth-order valence-electron chi connectivity index (χ4n) is 2.01. The summed E-state index contributed by atoms with van der Waals surface area (Å²) in [6, 6.07) is 10.5. The van der Waals surface area contributed by atoms with Crippen LogP contribution in [0.2, 0.25) is 0 Å². The van der Waals surface area contributed by atoms with Gasteiger partial charge in [-0.3, -0.25) is 4.31 Å². The lowest BCUT2D eigenvalue weighted by molar-refractivity contribution is 0.578. The molecule has 0 saturated heterocycles. The van der Waals surface area contributed by atoms with E-state index in [1.54, 1.807) is 35.6 Å². The van der Waals surface area contributed by atoms with E-state index in [0.29, 0.717) is 11.4 Å². The maximum absolute atomic E-state index is 12.8. The number of thiophene rings is 1. The van der Waals surface area contributed by atoms with Crippen LogP contribution in [0.25, 0.3) is 0 Å². The van der Waals surface area contributed by atoms with E-state index >= 15 is 0 Å². The van der Waals surface area contributed by atoms with Crippen LogP contribution >= 0.6 is 11.3 Å². The van der Waals surface area contributed by atoms with Gasteiger partial charge in [-0.15, -0.1) is 11.3 Å². The summed E-state index contributed by atoms with van der Waals surface area (Å²) < 4.78 is 27.2. The normalized spacial score (nSPS) is 11.8. The summed E-state index contributed by atoms with van der Waals surface area (Å²) in [5, 5.41) is 1.93. The molecule has 0 aliphatic rings. The first-order valence-corrected chi connectivity index (χ1v) is 8.87. The number of benzene rings is 1. The van der Waals surface area contributed by atoms with Gasteiger partial charge in [-0.25, -0.2) is 8.42 Å². The third kappa shape index (κ3) is 3.04. The number of rotatable bonds is 5. The van der Waals surface area contributed by atoms with Crippen molar-refractivity contribution in [1.82, 2.24) is 0 Å². The molecule has 0 N–H and O–H groups in total. The highest BCUT2D eigenvalue weighted by molar-refractivity contribution is 7.92. The fraction of sp³-hybridized carbons (Fsp3) is 0.333. The van der Waals surface area contributed by atoms with Gasteiger partial charge in [0.05, 0.1) is 10.6 Å². The SMILES string of the molecule is Cc1sccc1N(CC(C)C)S(=O)(=O)c1ccccc1. The van der Waals surface area contributed by atoms with E-state index in [1.165, 1.54) is 4.31 Å². The Bertz CT molecular complexity index is 660. The molecule has 108 valence electrons. The zero-order valence-electron chi connectivity index (χ0n) is 11.9. The lowest BCUT2D eigenvalue weighted by atomic mass is 10.2. The molecule has 0 atom stereocenters. The highest BCUT2D eigenvalue weighted by atomic mass is 32.2. The van der Waals surface area contributed by atoms with Crippen molar-refractivity contribution < 1.29 is 8.42 Å². The summed E-state index contributed by atoms with van der Waals surface area (Å²) in [6.07, 6.45) is 0. The van der Waals surface area contributed by atoms with Crippen molar-refractivity contribution in [3.8, 4) is 0 Å². The van der Waals surface area contributed by atoms with Crippen molar-refractivity contribution >= 4 is 27.0 Å². The van der Waals surface area contributed by atoms with Crippen LogP contribution in [0.4, 0.5) is 5.69 Å². The van der Waals surface area contributed by atoms with Crippen molar-refractivity contribution in [2.24, 2.45) is 5.92 Å². The Balaban J connectivity index is 2.50. The minimum Gasteiger partial charge on any atom is -0.265 e. The van der Waals surface area contributed by atoms with E-state index in [9.17, 15) is 8.42 Å². The maximum Gasteiger partial charge on any atom is 0.264 e. The molecule has 3 nitrogen and oxygen atoms in total. The van der Waals surface area contributed by atoms with Crippen LogP contribution in [-0.2, 0) is 10.0 Å². The smallest absolute Gasteiger partial charge is 0.264 e. The van der Waals surface area contributed by atoms with Crippen molar-refractivity contribution in [2.45, 2.75) is 25.7 Å². The molecule has 0 aliphatic heterocycles. The quantitative estimate of drug-likeness (QED) is 0.840. The van der Waals surface area contributed by atoms with Crippen molar-refractivity contribution in [3.63, 3.8) is 0 Å². The number of sulfonamides is 1. The first-order chi connectivity index (χ1) is 9.43. The third-order valence-corrected chi connectivity index (χ3v) is 5.59. The summed E-state index contributed by atoms with van der Waals surface area (Å²) in [6.45, 7) is 6.48. The van der Waals surface area contributed by atoms with E-state index in [0.717, 1.165) is 10.6 Å². The van der Waals surface area contributed by atoms with Crippen molar-refractivity contribution in [1.29, 1.82) is 0 Å². The van der Waals surface area contributed by atoms with Crippen molar-refractivity contribution in [3.05, 3.63) is 46.7 Å². The molecule has 0 spiro atoms. The van der Waals surface area contributed by atoms with Gasteiger partial charge in [-0.1, -0.05) is 32.0 Å². The zero-order valence-corrected chi connectivity index (χ0v) is 13.5. The molecule has 2 rings (SSSR count). The van der Waals surface area contributed by atoms with Gasteiger partial charge in [0, 0.05) is 11.4 Å². The molecule has 0 saturated carbocycles. The number of anilines is 1. The molecule has 2 aromatic rings. The second kappa shape index (κ2) is 5.97. The van der Waals surface area contributed by atoms with Crippen LogP contribution in [0, 0.1) is 12.8 Å². The standard InChI is InChI=1S/C15H19NO2S2/c1-12(2)11-16(15-9-10-19-13(15)3)20(17,18)14-7-5-4-6-8-14/h4-10,12H,11H2,1-3H3. The number of hydrogen-bond acceptors (Lipinski definition) is 3. The first kappa shape index (κ1) is 15.1. The highest BCUT2D eigenvalue weighted by Crippen LogP contribution is 2.30. The van der Waals surface area contributed by atoms with Crippen LogP contribution in [0.3, 0.4) is 0 Å². The Morgan fingerprint density at radius 2 is 1.80 bits per heavy atom. The fourth-order valence-corrected chi connectivity index (χ4v) is 4.48. The molecule has 5 heteroatoms. The van der Waals surface area contributed by atoms with E-state index in [1.807, 2.05) is 38.3 Å². The van der Waals surface area contributed by atoms with Gasteiger partial charge in [0.15, 0.2) is 0 Å². The Morgan fingerprint density at radius 3 is 2.30 bits per heavy atom. The van der Waals surface area contributed by atoms with Gasteiger partial charge < -0.3 is 0 Å². The summed E-state index contributed by atoms with van der Waals surface area (Å²) in [4.78, 5) is 1.36. The van der Waals surface area contributed by atoms with E-state index < -0.39 is 10.0 Å². The Labute approximate surface area is 124 Å². The van der Waals surface area contributed by atoms with Gasteiger partial charge in [-0.2, -0.15) is 0 Å². The van der Waals surface area contributed by atoms with Crippen LogP contribution in [0.1, 0.15) is 18.7 Å². The lowest BCUT2D eigenvalue weighted by Crippen LogP contribution is -2.34. The molecule has 0 unspecified atom stereocenters. The second-order valence-electron chi connectivity index (χ2n) is 5.11. The van der Waals surface area contributed by atoms with Gasteiger partial charge in [0.2, 0.25) is 0 Å². The molecule has 0 bridgehead atoms. The van der Waals surface area contributed by atoms with Gasteiger partial charge in [-0.05, 0) is 36.4 Å². The molecule has 1 heterocycles. The van der Waals surface area contributed by atoms with Crippen LogP contribution < -0.4 is 4.31 Å². The summed E-state index contributed by atoms with van der Waals surface area (Å²) in [5.41, 5.74) is 0.785. The monoisotopic (exact) mass is 309 g/mol. The topological polar surface area (TPSA) is 37.4 Å². The van der Waals surface area contributed by atoms with E-state index in [4.69, 9.17) is 0 Å². The molecule has 1 aromatic carbocycles. The summed E-state index contributed by atoms with van der Waals surface area (Å²) in [5.74, 6) is 0.257. The lowest BCUT2D eigenvalue weighted by Gasteiger charge is -2.26. The number of hydrogen-bond donors (Lipinski definition) is 0. The molecule has 0 radical (unpaired) electrons. The van der Waals surface area contributed by atoms with Gasteiger partial charge in [0.25, 0.3) is 10.0 Å². The van der Waals surface area contributed by atoms with E-state index in [-0.39, 0.29) is 5.92 Å². The Morgan fingerprint density at radius 1 is 1.15 bits per heavy atom. The molecule has 0 fully saturated rings. The average Bonchev–Trinajstić information content (AvgIpc) is 2.82. The largest absolute Gasteiger partial charge is 0.265 e. The van der Waals surface area contributed by atoms with E-state index in [2.05, 4.69) is 0 Å². The highest BCUT2D eigenvalue weighted by Gasteiger charge is 2.26. The van der Waals surface area contributed by atoms with Crippen molar-refractivity contribution in [2.75, 3.05) is 10.8 Å². The molecule has 0 amide bonds. The average molecular weight is 309 g/mol. The molecule has 0 aliphatic carbocycles. The second-order valence-corrected chi connectivity index (χ2v) is 8.09. The molecular weight excluding hydrogens is 290 g/mol. The number of aryl methyl sites for hydroxylation is 1. The maximum atomic E-state index is 12.8. The number of nitrogens with zero attached hydrogens (tertiary/aromatic N) is 1. The predicted octanol–water partition coefficient (Wildman–Crippen LogP) is 3.91. The van der Waals surface area contributed by atoms with Crippen LogP contribution in [-0.4, -0.2) is 15.0 Å². The molecule has 1 aromatic heterocycles. The van der Waals surface area contributed by atoms with Gasteiger partial charge in [0.1, 0.15) is 0 Å². The first-order valence-electron chi connectivity index (χ1n) is 6.55. The minimum absolute atomic E-state index is 0.257.